The zero-order valence-corrected chi connectivity index (χ0v) is 6.72. The molecule has 0 aliphatic carbocycles. The molecule has 0 atom stereocenters. The smallest absolute Gasteiger partial charge is 0.405 e. The number of ether oxygens (including phenoxy) is 1. The molecule has 2 N–H and O–H groups in total. The van der Waals surface area contributed by atoms with Crippen LogP contribution < -0.4 is 5.73 Å². The van der Waals surface area contributed by atoms with Crippen LogP contribution in [-0.2, 0) is 4.74 Å². The third-order valence-corrected chi connectivity index (χ3v) is 1.07. The van der Waals surface area contributed by atoms with Crippen LogP contribution in [0.4, 0.5) is 4.79 Å². The molecule has 0 aromatic heterocycles. The molecule has 1 amide bonds. The van der Waals surface area contributed by atoms with Crippen LogP contribution in [0.2, 0.25) is 0 Å². The molecule has 3 heteroatoms. The Hall–Kier alpha value is -1.17. The summed E-state index contributed by atoms with van der Waals surface area (Å²) < 4.78 is 4.39. The van der Waals surface area contributed by atoms with Gasteiger partial charge < -0.3 is 10.5 Å². The van der Waals surface area contributed by atoms with Crippen LogP contribution in [0, 0.1) is 11.8 Å². The standard InChI is InChI=1S/C8H13NO2/c1-2-3-4-5-6-7-11-8(9)10/h2-4,7H2,1H3,(H2,9,10). The van der Waals surface area contributed by atoms with Gasteiger partial charge in [-0.05, 0) is 6.42 Å². The molecule has 0 radical (unpaired) electrons. The Morgan fingerprint density at radius 3 is 2.82 bits per heavy atom. The fourth-order valence-corrected chi connectivity index (χ4v) is 0.512. The molecular formula is C8H13NO2. The third kappa shape index (κ3) is 8.83. The average Bonchev–Trinajstić information content (AvgIpc) is 1.96. The van der Waals surface area contributed by atoms with E-state index in [9.17, 15) is 4.79 Å². The van der Waals surface area contributed by atoms with E-state index in [1.807, 2.05) is 0 Å². The van der Waals surface area contributed by atoms with Crippen LogP contribution in [-0.4, -0.2) is 12.7 Å². The lowest BCUT2D eigenvalue weighted by molar-refractivity contribution is 0.171. The molecular weight excluding hydrogens is 142 g/mol. The molecule has 0 unspecified atom stereocenters. The highest BCUT2D eigenvalue weighted by Crippen LogP contribution is 1.89. The molecule has 0 fully saturated rings. The van der Waals surface area contributed by atoms with Crippen LogP contribution in [0.25, 0.3) is 0 Å². The van der Waals surface area contributed by atoms with E-state index >= 15 is 0 Å². The predicted molar refractivity (Wildman–Crippen MR) is 42.8 cm³/mol. The lowest BCUT2D eigenvalue weighted by atomic mass is 10.2. The molecule has 0 heterocycles. The SMILES string of the molecule is CCCCC#CCOC(N)=O. The van der Waals surface area contributed by atoms with Crippen molar-refractivity contribution in [2.45, 2.75) is 26.2 Å². The maximum Gasteiger partial charge on any atom is 0.405 e. The minimum absolute atomic E-state index is 0.110. The van der Waals surface area contributed by atoms with Crippen molar-refractivity contribution in [3.05, 3.63) is 0 Å². The van der Waals surface area contributed by atoms with Gasteiger partial charge in [0.1, 0.15) is 0 Å². The first-order valence-electron chi connectivity index (χ1n) is 3.65. The van der Waals surface area contributed by atoms with Gasteiger partial charge in [0.05, 0.1) is 0 Å². The maximum atomic E-state index is 10.0. The molecule has 0 aromatic rings. The van der Waals surface area contributed by atoms with Crippen molar-refractivity contribution in [3.63, 3.8) is 0 Å². The Balaban J connectivity index is 3.19. The highest BCUT2D eigenvalue weighted by atomic mass is 16.5. The molecule has 0 aliphatic heterocycles. The summed E-state index contributed by atoms with van der Waals surface area (Å²) >= 11 is 0. The van der Waals surface area contributed by atoms with Crippen molar-refractivity contribution in [2.75, 3.05) is 6.61 Å². The quantitative estimate of drug-likeness (QED) is 0.493. The van der Waals surface area contributed by atoms with E-state index in [-0.39, 0.29) is 6.61 Å². The Morgan fingerprint density at radius 1 is 1.55 bits per heavy atom. The summed E-state index contributed by atoms with van der Waals surface area (Å²) in [5.41, 5.74) is 4.70. The molecule has 0 aliphatic rings. The molecule has 0 aromatic carbocycles. The summed E-state index contributed by atoms with van der Waals surface area (Å²) in [6.07, 6.45) is 2.31. The van der Waals surface area contributed by atoms with E-state index in [1.165, 1.54) is 0 Å². The topological polar surface area (TPSA) is 52.3 Å². The Morgan fingerprint density at radius 2 is 2.27 bits per heavy atom. The summed E-state index contributed by atoms with van der Waals surface area (Å²) in [6, 6.07) is 0. The van der Waals surface area contributed by atoms with Crippen molar-refractivity contribution in [1.29, 1.82) is 0 Å². The summed E-state index contributed by atoms with van der Waals surface area (Å²) in [5, 5.41) is 0. The Bertz CT molecular complexity index is 167. The zero-order chi connectivity index (χ0) is 8.53. The van der Waals surface area contributed by atoms with Crippen LogP contribution >= 0.6 is 0 Å². The predicted octanol–water partition coefficient (Wildman–Crippen LogP) is 1.28. The zero-order valence-electron chi connectivity index (χ0n) is 6.72. The minimum Gasteiger partial charge on any atom is -0.437 e. The first-order chi connectivity index (χ1) is 5.27. The largest absolute Gasteiger partial charge is 0.437 e. The van der Waals surface area contributed by atoms with Gasteiger partial charge in [0.25, 0.3) is 0 Å². The van der Waals surface area contributed by atoms with Gasteiger partial charge in [-0.15, -0.1) is 0 Å². The lowest BCUT2D eigenvalue weighted by Crippen LogP contribution is -2.12. The summed E-state index contributed by atoms with van der Waals surface area (Å²) in [5.74, 6) is 5.54. The van der Waals surface area contributed by atoms with Gasteiger partial charge >= 0.3 is 6.09 Å². The molecule has 0 spiro atoms. The van der Waals surface area contributed by atoms with Crippen LogP contribution in [0.15, 0.2) is 0 Å². The number of carbonyl (C=O) groups excluding carboxylic acids is 1. The second-order valence-corrected chi connectivity index (χ2v) is 2.06. The molecule has 0 rings (SSSR count). The van der Waals surface area contributed by atoms with Gasteiger partial charge in [0.2, 0.25) is 0 Å². The molecule has 0 saturated heterocycles. The van der Waals surface area contributed by atoms with Crippen LogP contribution in [0.1, 0.15) is 26.2 Å². The first kappa shape index (κ1) is 9.83. The van der Waals surface area contributed by atoms with Gasteiger partial charge in [-0.1, -0.05) is 25.2 Å². The maximum absolute atomic E-state index is 10.0. The van der Waals surface area contributed by atoms with Crippen LogP contribution in [0.5, 0.6) is 0 Å². The number of hydrogen-bond acceptors (Lipinski definition) is 2. The first-order valence-corrected chi connectivity index (χ1v) is 3.65. The van der Waals surface area contributed by atoms with Gasteiger partial charge in [-0.3, -0.25) is 0 Å². The fourth-order valence-electron chi connectivity index (χ4n) is 0.512. The van der Waals surface area contributed by atoms with Gasteiger partial charge in [-0.2, -0.15) is 0 Å². The monoisotopic (exact) mass is 155 g/mol. The van der Waals surface area contributed by atoms with E-state index in [0.717, 1.165) is 19.3 Å². The molecule has 3 nitrogen and oxygen atoms in total. The number of carbonyl (C=O) groups is 1. The van der Waals surface area contributed by atoms with Crippen molar-refractivity contribution in [3.8, 4) is 11.8 Å². The number of unbranched alkanes of at least 4 members (excludes halogenated alkanes) is 2. The highest BCUT2D eigenvalue weighted by molar-refractivity contribution is 5.64. The Labute approximate surface area is 66.9 Å². The normalized spacial score (nSPS) is 8.09. The van der Waals surface area contributed by atoms with E-state index in [2.05, 4.69) is 23.5 Å². The summed E-state index contributed by atoms with van der Waals surface area (Å²) in [7, 11) is 0. The number of primary amides is 1. The number of rotatable bonds is 3. The number of hydrogen-bond donors (Lipinski definition) is 1. The fraction of sp³-hybridized carbons (Fsp3) is 0.625. The molecule has 62 valence electrons. The molecule has 11 heavy (non-hydrogen) atoms. The number of amides is 1. The number of nitrogens with two attached hydrogens (primary N) is 1. The average molecular weight is 155 g/mol. The molecule has 0 saturated carbocycles. The van der Waals surface area contributed by atoms with Gasteiger partial charge in [-0.25, -0.2) is 4.79 Å². The van der Waals surface area contributed by atoms with E-state index in [1.54, 1.807) is 0 Å². The second kappa shape index (κ2) is 6.94. The molecule has 0 bridgehead atoms. The summed E-state index contributed by atoms with van der Waals surface area (Å²) in [6.45, 7) is 2.21. The van der Waals surface area contributed by atoms with Gasteiger partial charge in [0, 0.05) is 6.42 Å². The minimum atomic E-state index is -0.769. The van der Waals surface area contributed by atoms with Crippen LogP contribution in [0.3, 0.4) is 0 Å². The third-order valence-electron chi connectivity index (χ3n) is 1.07. The van der Waals surface area contributed by atoms with Crippen molar-refractivity contribution < 1.29 is 9.53 Å². The van der Waals surface area contributed by atoms with Gasteiger partial charge in [0.15, 0.2) is 6.61 Å². The van der Waals surface area contributed by atoms with Crippen molar-refractivity contribution >= 4 is 6.09 Å². The Kier molecular flexibility index (Phi) is 6.20. The lowest BCUT2D eigenvalue weighted by Gasteiger charge is -1.90. The highest BCUT2D eigenvalue weighted by Gasteiger charge is 1.86. The van der Waals surface area contributed by atoms with E-state index in [4.69, 9.17) is 5.73 Å². The second-order valence-electron chi connectivity index (χ2n) is 2.06. The van der Waals surface area contributed by atoms with E-state index < -0.39 is 6.09 Å². The van der Waals surface area contributed by atoms with E-state index in [0.29, 0.717) is 0 Å². The van der Waals surface area contributed by atoms with Crippen molar-refractivity contribution in [1.82, 2.24) is 0 Å². The van der Waals surface area contributed by atoms with Crippen molar-refractivity contribution in [2.24, 2.45) is 5.73 Å². The summed E-state index contributed by atoms with van der Waals surface area (Å²) in [4.78, 5) is 10.0.